The summed E-state index contributed by atoms with van der Waals surface area (Å²) >= 11 is 1.76. The first-order valence-electron chi connectivity index (χ1n) is 8.60. The molecule has 0 fully saturated rings. The Kier molecular flexibility index (Phi) is 4.39. The van der Waals surface area contributed by atoms with Crippen LogP contribution in [0.1, 0.15) is 34.7 Å². The third-order valence-corrected chi connectivity index (χ3v) is 5.83. The van der Waals surface area contributed by atoms with Crippen molar-refractivity contribution in [2.45, 2.75) is 38.8 Å². The fourth-order valence-electron chi connectivity index (χ4n) is 3.55. The predicted molar refractivity (Wildman–Crippen MR) is 100 cm³/mol. The van der Waals surface area contributed by atoms with Crippen LogP contribution in [-0.2, 0) is 25.9 Å². The van der Waals surface area contributed by atoms with Gasteiger partial charge in [-0.1, -0.05) is 12.1 Å². The number of rotatable bonds is 4. The molecule has 0 saturated carbocycles. The molecule has 6 heteroatoms. The average molecular weight is 356 g/mol. The van der Waals surface area contributed by atoms with Crippen molar-refractivity contribution in [2.24, 2.45) is 0 Å². The zero-order valence-electron chi connectivity index (χ0n) is 14.3. The van der Waals surface area contributed by atoms with E-state index in [2.05, 4.69) is 9.88 Å². The van der Waals surface area contributed by atoms with Gasteiger partial charge in [-0.3, -0.25) is 4.90 Å². The van der Waals surface area contributed by atoms with E-state index in [4.69, 9.17) is 10.7 Å². The fourth-order valence-corrected chi connectivity index (χ4v) is 4.83. The molecule has 0 atom stereocenters. The Hall–Kier alpha value is -2.05. The van der Waals surface area contributed by atoms with E-state index in [9.17, 15) is 4.39 Å². The van der Waals surface area contributed by atoms with Gasteiger partial charge in [0.15, 0.2) is 0 Å². The number of nitrogens with zero attached hydrogens (tertiary/aromatic N) is 3. The van der Waals surface area contributed by atoms with E-state index in [1.54, 1.807) is 23.5 Å². The summed E-state index contributed by atoms with van der Waals surface area (Å²) in [6.07, 6.45) is 4.68. The van der Waals surface area contributed by atoms with Crippen LogP contribution >= 0.6 is 11.3 Å². The first-order chi connectivity index (χ1) is 12.1. The van der Waals surface area contributed by atoms with Crippen LogP contribution in [0.25, 0.3) is 10.2 Å². The van der Waals surface area contributed by atoms with Gasteiger partial charge < -0.3 is 5.73 Å². The summed E-state index contributed by atoms with van der Waals surface area (Å²) in [6.45, 7) is 1.22. The summed E-state index contributed by atoms with van der Waals surface area (Å²) in [4.78, 5) is 13.8. The molecular weight excluding hydrogens is 335 g/mol. The largest absolute Gasteiger partial charge is 0.383 e. The molecule has 0 amide bonds. The van der Waals surface area contributed by atoms with E-state index in [1.165, 1.54) is 29.3 Å². The van der Waals surface area contributed by atoms with Gasteiger partial charge in [-0.05, 0) is 56.0 Å². The van der Waals surface area contributed by atoms with Gasteiger partial charge in [0.05, 0.1) is 11.9 Å². The lowest BCUT2D eigenvalue weighted by Crippen LogP contribution is -2.19. The van der Waals surface area contributed by atoms with Crippen molar-refractivity contribution in [3.63, 3.8) is 0 Å². The molecule has 0 saturated heterocycles. The second kappa shape index (κ2) is 6.69. The molecule has 3 aromatic rings. The standard InChI is InChI=1S/C19H21FN4S/c1-24(10-12-5-4-6-13(20)9-12)11-16-22-18(21)17-14-7-2-3-8-15(14)25-19(17)23-16/h4-6,9H,2-3,7-8,10-11H2,1H3,(H2,21,22,23). The summed E-state index contributed by atoms with van der Waals surface area (Å²) in [5, 5.41) is 1.07. The minimum atomic E-state index is -0.211. The quantitative estimate of drug-likeness (QED) is 0.770. The Morgan fingerprint density at radius 3 is 2.88 bits per heavy atom. The third kappa shape index (κ3) is 3.37. The number of aryl methyl sites for hydroxylation is 2. The van der Waals surface area contributed by atoms with Crippen molar-refractivity contribution in [3.8, 4) is 0 Å². The lowest BCUT2D eigenvalue weighted by molar-refractivity contribution is 0.311. The maximum Gasteiger partial charge on any atom is 0.146 e. The first kappa shape index (κ1) is 16.4. The highest BCUT2D eigenvalue weighted by Gasteiger charge is 2.20. The molecule has 4 nitrogen and oxygen atoms in total. The number of nitrogens with two attached hydrogens (primary N) is 1. The SMILES string of the molecule is CN(Cc1cccc(F)c1)Cc1nc(N)c2c3c(sc2n1)CCCC3. The molecule has 1 aromatic carbocycles. The van der Waals surface area contributed by atoms with Gasteiger partial charge in [0.25, 0.3) is 0 Å². The Labute approximate surface area is 150 Å². The smallest absolute Gasteiger partial charge is 0.146 e. The van der Waals surface area contributed by atoms with Gasteiger partial charge in [-0.25, -0.2) is 14.4 Å². The maximum absolute atomic E-state index is 13.3. The molecular formula is C19H21FN4S. The molecule has 2 aromatic heterocycles. The number of anilines is 1. The van der Waals surface area contributed by atoms with E-state index >= 15 is 0 Å². The topological polar surface area (TPSA) is 55.0 Å². The number of nitrogen functional groups attached to an aromatic ring is 1. The first-order valence-corrected chi connectivity index (χ1v) is 9.41. The third-order valence-electron chi connectivity index (χ3n) is 4.64. The highest BCUT2D eigenvalue weighted by atomic mass is 32.1. The molecule has 4 rings (SSSR count). The van der Waals surface area contributed by atoms with Crippen molar-refractivity contribution in [2.75, 3.05) is 12.8 Å². The zero-order chi connectivity index (χ0) is 17.4. The number of benzene rings is 1. The number of hydrogen-bond donors (Lipinski definition) is 1. The molecule has 130 valence electrons. The minimum Gasteiger partial charge on any atom is -0.383 e. The van der Waals surface area contributed by atoms with E-state index < -0.39 is 0 Å². The van der Waals surface area contributed by atoms with Crippen LogP contribution in [-0.4, -0.2) is 21.9 Å². The maximum atomic E-state index is 13.3. The second-order valence-corrected chi connectivity index (χ2v) is 7.80. The molecule has 1 aliphatic rings. The van der Waals surface area contributed by atoms with E-state index in [1.807, 2.05) is 13.1 Å². The normalized spacial score (nSPS) is 14.2. The number of aromatic nitrogens is 2. The van der Waals surface area contributed by atoms with Crippen LogP contribution < -0.4 is 5.73 Å². The molecule has 25 heavy (non-hydrogen) atoms. The summed E-state index contributed by atoms with van der Waals surface area (Å²) in [5.74, 6) is 1.11. The monoisotopic (exact) mass is 356 g/mol. The van der Waals surface area contributed by atoms with Crippen molar-refractivity contribution < 1.29 is 4.39 Å². The van der Waals surface area contributed by atoms with Crippen molar-refractivity contribution >= 4 is 27.4 Å². The summed E-state index contributed by atoms with van der Waals surface area (Å²) in [5.41, 5.74) is 8.56. The van der Waals surface area contributed by atoms with Crippen LogP contribution in [0.15, 0.2) is 24.3 Å². The van der Waals surface area contributed by atoms with Gasteiger partial charge in [-0.2, -0.15) is 0 Å². The van der Waals surface area contributed by atoms with Crippen molar-refractivity contribution in [1.29, 1.82) is 0 Å². The zero-order valence-corrected chi connectivity index (χ0v) is 15.1. The van der Waals surface area contributed by atoms with Crippen molar-refractivity contribution in [3.05, 3.63) is 51.9 Å². The van der Waals surface area contributed by atoms with Crippen LogP contribution in [0, 0.1) is 5.82 Å². The summed E-state index contributed by atoms with van der Waals surface area (Å²) in [7, 11) is 1.98. The number of halogens is 1. The van der Waals surface area contributed by atoms with Gasteiger partial charge in [0, 0.05) is 11.4 Å². The van der Waals surface area contributed by atoms with Crippen molar-refractivity contribution in [1.82, 2.24) is 14.9 Å². The van der Waals surface area contributed by atoms with E-state index in [0.29, 0.717) is 18.9 Å². The van der Waals surface area contributed by atoms with Gasteiger partial charge in [0.1, 0.15) is 22.3 Å². The van der Waals surface area contributed by atoms with E-state index in [0.717, 1.165) is 34.4 Å². The minimum absolute atomic E-state index is 0.211. The molecule has 0 radical (unpaired) electrons. The lowest BCUT2D eigenvalue weighted by atomic mass is 9.97. The van der Waals surface area contributed by atoms with Gasteiger partial charge in [0.2, 0.25) is 0 Å². The van der Waals surface area contributed by atoms with Gasteiger partial charge in [-0.15, -0.1) is 11.3 Å². The highest BCUT2D eigenvalue weighted by Crippen LogP contribution is 2.37. The highest BCUT2D eigenvalue weighted by molar-refractivity contribution is 7.19. The molecule has 0 spiro atoms. The Balaban J connectivity index is 1.57. The van der Waals surface area contributed by atoms with Crippen LogP contribution in [0.4, 0.5) is 10.2 Å². The molecule has 2 heterocycles. The van der Waals surface area contributed by atoms with Gasteiger partial charge >= 0.3 is 0 Å². The average Bonchev–Trinajstić information content (AvgIpc) is 2.93. The Bertz CT molecular complexity index is 921. The lowest BCUT2D eigenvalue weighted by Gasteiger charge is -2.16. The number of thiophene rings is 1. The summed E-state index contributed by atoms with van der Waals surface area (Å²) < 4.78 is 13.3. The van der Waals surface area contributed by atoms with Crippen LogP contribution in [0.3, 0.4) is 0 Å². The van der Waals surface area contributed by atoms with E-state index in [-0.39, 0.29) is 5.82 Å². The second-order valence-electron chi connectivity index (χ2n) is 6.72. The Morgan fingerprint density at radius 2 is 2.04 bits per heavy atom. The molecule has 2 N–H and O–H groups in total. The van der Waals surface area contributed by atoms with Crippen LogP contribution in [0.2, 0.25) is 0 Å². The molecule has 0 bridgehead atoms. The number of fused-ring (bicyclic) bond motifs is 3. The van der Waals surface area contributed by atoms with Crippen LogP contribution in [0.5, 0.6) is 0 Å². The molecule has 1 aliphatic carbocycles. The Morgan fingerprint density at radius 1 is 1.20 bits per heavy atom. The molecule has 0 unspecified atom stereocenters. The number of hydrogen-bond acceptors (Lipinski definition) is 5. The molecule has 0 aliphatic heterocycles. The summed E-state index contributed by atoms with van der Waals surface area (Å²) in [6, 6.07) is 6.67. The predicted octanol–water partition coefficient (Wildman–Crippen LogP) is 3.92. The fraction of sp³-hybridized carbons (Fsp3) is 0.368.